The molecule has 1 nitrogen and oxygen atoms in total. The van der Waals surface area contributed by atoms with Gasteiger partial charge in [-0.05, 0) is 67.3 Å². The van der Waals surface area contributed by atoms with Gasteiger partial charge in [0.1, 0.15) is 7.05 Å². The summed E-state index contributed by atoms with van der Waals surface area (Å²) in [4.78, 5) is 0. The monoisotopic (exact) mass is 303 g/mol. The lowest BCUT2D eigenvalue weighted by Crippen LogP contribution is -2.35. The highest BCUT2D eigenvalue weighted by atomic mass is 14.9. The zero-order valence-corrected chi connectivity index (χ0v) is 14.5. The van der Waals surface area contributed by atoms with Crippen LogP contribution >= 0.6 is 0 Å². The minimum Gasteiger partial charge on any atom is -0.198 e. The molecular formula is C22H24N+. The van der Waals surface area contributed by atoms with Gasteiger partial charge in [-0.2, -0.15) is 4.57 Å². The van der Waals surface area contributed by atoms with Gasteiger partial charge in [0.05, 0.1) is 12.3 Å². The van der Waals surface area contributed by atoms with E-state index in [1.54, 1.807) is 0 Å². The highest BCUT2D eigenvalue weighted by Crippen LogP contribution is 2.33. The average molecular weight is 303 g/mol. The zero-order valence-electron chi connectivity index (χ0n) is 15.5. The van der Waals surface area contributed by atoms with E-state index < -0.39 is 0 Å². The summed E-state index contributed by atoms with van der Waals surface area (Å²) in [6.07, 6.45) is 3.68. The van der Waals surface area contributed by atoms with E-state index in [-0.39, 0.29) is 0 Å². The molecule has 0 saturated carbocycles. The fourth-order valence-electron chi connectivity index (χ4n) is 3.92. The molecule has 0 atom stereocenters. The van der Waals surface area contributed by atoms with E-state index in [0.29, 0.717) is 6.04 Å². The average Bonchev–Trinajstić information content (AvgIpc) is 3.00. The van der Waals surface area contributed by atoms with Gasteiger partial charge in [0.15, 0.2) is 5.69 Å². The third-order valence-electron chi connectivity index (χ3n) is 5.28. The lowest BCUT2D eigenvalue weighted by atomic mass is 9.94. The van der Waals surface area contributed by atoms with Crippen molar-refractivity contribution in [1.29, 1.82) is 0 Å². The first-order chi connectivity index (χ1) is 11.5. The van der Waals surface area contributed by atoms with E-state index in [4.69, 9.17) is 1.37 Å². The van der Waals surface area contributed by atoms with Gasteiger partial charge in [-0.25, -0.2) is 0 Å². The fourth-order valence-corrected chi connectivity index (χ4v) is 3.92. The second-order valence-corrected chi connectivity index (χ2v) is 6.96. The predicted octanol–water partition coefficient (Wildman–Crippen LogP) is 4.75. The van der Waals surface area contributed by atoms with E-state index in [1.807, 2.05) is 0 Å². The summed E-state index contributed by atoms with van der Waals surface area (Å²) in [5.74, 6) is 0. The SMILES string of the molecule is [2H]c1c(C)[n+](C)c(-c2cc3c(cc2C)CCC3)c2ccc(C)cc12. The van der Waals surface area contributed by atoms with Crippen LogP contribution in [0, 0.1) is 20.8 Å². The molecule has 0 fully saturated rings. The van der Waals surface area contributed by atoms with Crippen molar-refractivity contribution in [3.8, 4) is 11.3 Å². The molecule has 1 heterocycles. The van der Waals surface area contributed by atoms with Crippen molar-refractivity contribution in [3.63, 3.8) is 0 Å². The van der Waals surface area contributed by atoms with Crippen LogP contribution in [0.4, 0.5) is 0 Å². The number of nitrogens with zero attached hydrogens (tertiary/aromatic N) is 1. The summed E-state index contributed by atoms with van der Waals surface area (Å²) in [7, 11) is 2.09. The maximum atomic E-state index is 8.54. The molecule has 1 aromatic heterocycles. The van der Waals surface area contributed by atoms with Crippen molar-refractivity contribution in [2.24, 2.45) is 7.05 Å². The normalized spacial score (nSPS) is 14.2. The first-order valence-electron chi connectivity index (χ1n) is 8.99. The number of fused-ring (bicyclic) bond motifs is 2. The highest BCUT2D eigenvalue weighted by Gasteiger charge is 2.22. The smallest absolute Gasteiger partial charge is 0.198 e. The van der Waals surface area contributed by atoms with Crippen LogP contribution in [-0.2, 0) is 19.9 Å². The van der Waals surface area contributed by atoms with Crippen molar-refractivity contribution in [3.05, 3.63) is 64.3 Å². The van der Waals surface area contributed by atoms with Gasteiger partial charge in [-0.1, -0.05) is 23.8 Å². The van der Waals surface area contributed by atoms with E-state index in [0.717, 1.165) is 11.1 Å². The van der Waals surface area contributed by atoms with Gasteiger partial charge in [-0.3, -0.25) is 0 Å². The van der Waals surface area contributed by atoms with E-state index in [1.165, 1.54) is 58.2 Å². The molecule has 1 aliphatic carbocycles. The minimum atomic E-state index is 0.638. The van der Waals surface area contributed by atoms with Gasteiger partial charge in [-0.15, -0.1) is 0 Å². The van der Waals surface area contributed by atoms with Crippen LogP contribution in [0.3, 0.4) is 0 Å². The molecule has 4 rings (SSSR count). The van der Waals surface area contributed by atoms with Crippen molar-refractivity contribution < 1.29 is 5.94 Å². The van der Waals surface area contributed by atoms with Crippen molar-refractivity contribution >= 4 is 10.8 Å². The Balaban J connectivity index is 2.11. The molecule has 0 radical (unpaired) electrons. The summed E-state index contributed by atoms with van der Waals surface area (Å²) in [5.41, 5.74) is 9.14. The van der Waals surface area contributed by atoms with Crippen LogP contribution in [0.5, 0.6) is 0 Å². The molecule has 1 heteroatoms. The van der Waals surface area contributed by atoms with Crippen molar-refractivity contribution in [1.82, 2.24) is 0 Å². The van der Waals surface area contributed by atoms with Gasteiger partial charge >= 0.3 is 0 Å². The van der Waals surface area contributed by atoms with E-state index >= 15 is 0 Å². The Kier molecular flexibility index (Phi) is 3.00. The lowest BCUT2D eigenvalue weighted by Gasteiger charge is -2.12. The Labute approximate surface area is 140 Å². The highest BCUT2D eigenvalue weighted by molar-refractivity contribution is 5.94. The Bertz CT molecular complexity index is 985. The van der Waals surface area contributed by atoms with Gasteiger partial charge in [0.25, 0.3) is 0 Å². The number of hydrogen-bond acceptors (Lipinski definition) is 0. The lowest BCUT2D eigenvalue weighted by molar-refractivity contribution is -0.665. The summed E-state index contributed by atoms with van der Waals surface area (Å²) in [6, 6.07) is 11.9. The van der Waals surface area contributed by atoms with E-state index in [9.17, 15) is 0 Å². The molecule has 0 amide bonds. The second kappa shape index (κ2) is 5.19. The Morgan fingerprint density at radius 2 is 1.74 bits per heavy atom. The molecule has 0 spiro atoms. The third kappa shape index (κ3) is 2.26. The number of aryl methyl sites for hydroxylation is 4. The van der Waals surface area contributed by atoms with Crippen molar-refractivity contribution in [2.75, 3.05) is 0 Å². The topological polar surface area (TPSA) is 3.88 Å². The molecule has 23 heavy (non-hydrogen) atoms. The molecule has 2 aromatic carbocycles. The Morgan fingerprint density at radius 3 is 2.52 bits per heavy atom. The van der Waals surface area contributed by atoms with Crippen LogP contribution in [-0.4, -0.2) is 0 Å². The van der Waals surface area contributed by atoms with Crippen LogP contribution < -0.4 is 4.57 Å². The van der Waals surface area contributed by atoms with Crippen LogP contribution in [0.15, 0.2) is 36.4 Å². The number of benzene rings is 2. The predicted molar refractivity (Wildman–Crippen MR) is 96.8 cm³/mol. The minimum absolute atomic E-state index is 0.638. The fraction of sp³-hybridized carbons (Fsp3) is 0.318. The van der Waals surface area contributed by atoms with Gasteiger partial charge in [0.2, 0.25) is 5.69 Å². The summed E-state index contributed by atoms with van der Waals surface area (Å²) >= 11 is 0. The standard InChI is InChI=1S/C22H24N/c1-14-8-9-20-19(10-14)12-16(3)23(4)22(20)21-13-18-7-5-6-17(18)11-15(21)2/h8-13H,5-7H2,1-4H3/q+1/i12D. The third-order valence-corrected chi connectivity index (χ3v) is 5.28. The molecular weight excluding hydrogens is 278 g/mol. The molecule has 0 saturated heterocycles. The second-order valence-electron chi connectivity index (χ2n) is 6.96. The maximum absolute atomic E-state index is 8.54. The summed E-state index contributed by atoms with van der Waals surface area (Å²) in [6.45, 7) is 6.37. The Hall–Kier alpha value is -2.15. The molecule has 1 aliphatic rings. The Morgan fingerprint density at radius 1 is 1.00 bits per heavy atom. The van der Waals surface area contributed by atoms with Gasteiger partial charge in [0, 0.05) is 13.0 Å². The number of pyridine rings is 1. The molecule has 0 unspecified atom stereocenters. The molecule has 0 N–H and O–H groups in total. The number of rotatable bonds is 1. The van der Waals surface area contributed by atoms with Crippen LogP contribution in [0.25, 0.3) is 22.0 Å². The summed E-state index contributed by atoms with van der Waals surface area (Å²) in [5, 5.41) is 2.24. The maximum Gasteiger partial charge on any atom is 0.220 e. The summed E-state index contributed by atoms with van der Waals surface area (Å²) < 4.78 is 10.7. The van der Waals surface area contributed by atoms with Crippen LogP contribution in [0.2, 0.25) is 0 Å². The molecule has 0 aliphatic heterocycles. The van der Waals surface area contributed by atoms with Crippen molar-refractivity contribution in [2.45, 2.75) is 40.0 Å². The number of aromatic nitrogens is 1. The molecule has 0 bridgehead atoms. The number of hydrogen-bond donors (Lipinski definition) is 0. The quantitative estimate of drug-likeness (QED) is 0.571. The largest absolute Gasteiger partial charge is 0.220 e. The van der Waals surface area contributed by atoms with Crippen LogP contribution in [0.1, 0.15) is 35.7 Å². The molecule has 116 valence electrons. The van der Waals surface area contributed by atoms with Gasteiger partial charge < -0.3 is 0 Å². The van der Waals surface area contributed by atoms with E-state index in [2.05, 4.69) is 62.7 Å². The molecule has 3 aromatic rings. The zero-order chi connectivity index (χ0) is 17.0. The first kappa shape index (κ1) is 13.3. The first-order valence-corrected chi connectivity index (χ1v) is 8.49.